The molecule has 0 unspecified atom stereocenters. The maximum atomic E-state index is 13.0. The van der Waals surface area contributed by atoms with Crippen molar-refractivity contribution in [2.75, 3.05) is 0 Å². The van der Waals surface area contributed by atoms with Crippen molar-refractivity contribution in [2.45, 2.75) is 49.1 Å². The number of H-pyrrole nitrogens is 1. The molecule has 0 aliphatic heterocycles. The number of aryl methyl sites for hydroxylation is 1. The SMILES string of the molecule is Cc1ccc2nc(S[C@@H](C(=O)NC3CCCC3)c3ccccc3)[nH]c2c1. The van der Waals surface area contributed by atoms with Gasteiger partial charge in [0.1, 0.15) is 5.25 Å². The van der Waals surface area contributed by atoms with Gasteiger partial charge in [0.25, 0.3) is 0 Å². The molecule has 1 atom stereocenters. The molecule has 0 radical (unpaired) electrons. The Morgan fingerprint density at radius 1 is 1.19 bits per heavy atom. The lowest BCUT2D eigenvalue weighted by molar-refractivity contribution is -0.121. The molecule has 1 aromatic heterocycles. The number of nitrogens with one attached hydrogen (secondary N) is 2. The first-order chi connectivity index (χ1) is 12.7. The van der Waals surface area contributed by atoms with Crippen LogP contribution >= 0.6 is 11.8 Å². The highest BCUT2D eigenvalue weighted by Crippen LogP contribution is 2.35. The summed E-state index contributed by atoms with van der Waals surface area (Å²) in [5.74, 6) is 0.0738. The number of nitrogens with zero attached hydrogens (tertiary/aromatic N) is 1. The minimum Gasteiger partial charge on any atom is -0.352 e. The number of aromatic amines is 1. The Kier molecular flexibility index (Phi) is 4.98. The fraction of sp³-hybridized carbons (Fsp3) is 0.333. The van der Waals surface area contributed by atoms with Gasteiger partial charge in [-0.15, -0.1) is 0 Å². The normalized spacial score (nSPS) is 16.0. The molecule has 134 valence electrons. The Morgan fingerprint density at radius 3 is 2.73 bits per heavy atom. The maximum Gasteiger partial charge on any atom is 0.238 e. The highest BCUT2D eigenvalue weighted by atomic mass is 32.2. The van der Waals surface area contributed by atoms with Crippen LogP contribution in [0.2, 0.25) is 0 Å². The molecule has 4 nitrogen and oxygen atoms in total. The second kappa shape index (κ2) is 7.54. The number of amides is 1. The molecule has 1 saturated carbocycles. The Bertz CT molecular complexity index is 900. The summed E-state index contributed by atoms with van der Waals surface area (Å²) in [6.07, 6.45) is 4.58. The van der Waals surface area contributed by atoms with Crippen molar-refractivity contribution in [1.29, 1.82) is 0 Å². The Hall–Kier alpha value is -2.27. The van der Waals surface area contributed by atoms with E-state index in [0.717, 1.165) is 34.6 Å². The number of fused-ring (bicyclic) bond motifs is 1. The van der Waals surface area contributed by atoms with E-state index in [9.17, 15) is 4.79 Å². The van der Waals surface area contributed by atoms with Gasteiger partial charge in [-0.3, -0.25) is 4.79 Å². The molecule has 1 aliphatic rings. The number of hydrogen-bond acceptors (Lipinski definition) is 3. The van der Waals surface area contributed by atoms with Crippen molar-refractivity contribution in [2.24, 2.45) is 0 Å². The van der Waals surface area contributed by atoms with Crippen LogP contribution in [-0.2, 0) is 4.79 Å². The van der Waals surface area contributed by atoms with Crippen LogP contribution in [0.1, 0.15) is 42.1 Å². The predicted octanol–water partition coefficient (Wildman–Crippen LogP) is 4.76. The molecule has 2 aromatic carbocycles. The highest BCUT2D eigenvalue weighted by molar-refractivity contribution is 8.00. The summed E-state index contributed by atoms with van der Waals surface area (Å²) >= 11 is 1.49. The van der Waals surface area contributed by atoms with Crippen LogP contribution in [-0.4, -0.2) is 21.9 Å². The second-order valence-corrected chi connectivity index (χ2v) is 8.05. The van der Waals surface area contributed by atoms with Gasteiger partial charge < -0.3 is 10.3 Å². The van der Waals surface area contributed by atoms with E-state index in [0.29, 0.717) is 6.04 Å². The van der Waals surface area contributed by atoms with Gasteiger partial charge in [0, 0.05) is 6.04 Å². The molecule has 26 heavy (non-hydrogen) atoms. The third-order valence-electron chi connectivity index (χ3n) is 4.89. The lowest BCUT2D eigenvalue weighted by atomic mass is 10.1. The van der Waals surface area contributed by atoms with Gasteiger partial charge in [-0.25, -0.2) is 4.98 Å². The summed E-state index contributed by atoms with van der Waals surface area (Å²) in [6, 6.07) is 16.4. The number of benzene rings is 2. The lowest BCUT2D eigenvalue weighted by Crippen LogP contribution is -2.35. The van der Waals surface area contributed by atoms with Crippen LogP contribution in [0.5, 0.6) is 0 Å². The summed E-state index contributed by atoms with van der Waals surface area (Å²) in [7, 11) is 0. The Balaban J connectivity index is 1.60. The topological polar surface area (TPSA) is 57.8 Å². The molecule has 1 fully saturated rings. The lowest BCUT2D eigenvalue weighted by Gasteiger charge is -2.19. The van der Waals surface area contributed by atoms with E-state index in [-0.39, 0.29) is 11.2 Å². The summed E-state index contributed by atoms with van der Waals surface area (Å²) in [5.41, 5.74) is 4.14. The third kappa shape index (κ3) is 3.78. The van der Waals surface area contributed by atoms with E-state index < -0.39 is 0 Å². The van der Waals surface area contributed by atoms with E-state index in [1.807, 2.05) is 36.4 Å². The van der Waals surface area contributed by atoms with E-state index in [4.69, 9.17) is 0 Å². The molecule has 1 heterocycles. The van der Waals surface area contributed by atoms with Crippen molar-refractivity contribution in [3.63, 3.8) is 0 Å². The summed E-state index contributed by atoms with van der Waals surface area (Å²) in [4.78, 5) is 21.0. The largest absolute Gasteiger partial charge is 0.352 e. The molecule has 1 amide bonds. The summed E-state index contributed by atoms with van der Waals surface area (Å²) < 4.78 is 0. The molecule has 4 rings (SSSR count). The smallest absolute Gasteiger partial charge is 0.238 e. The van der Waals surface area contributed by atoms with E-state index in [1.165, 1.54) is 30.2 Å². The van der Waals surface area contributed by atoms with Crippen molar-refractivity contribution in [3.05, 3.63) is 59.7 Å². The number of imidazole rings is 1. The first-order valence-electron chi connectivity index (χ1n) is 9.17. The van der Waals surface area contributed by atoms with E-state index >= 15 is 0 Å². The number of rotatable bonds is 5. The van der Waals surface area contributed by atoms with Crippen molar-refractivity contribution in [1.82, 2.24) is 15.3 Å². The monoisotopic (exact) mass is 365 g/mol. The molecular weight excluding hydrogens is 342 g/mol. The second-order valence-electron chi connectivity index (χ2n) is 6.96. The van der Waals surface area contributed by atoms with Crippen LogP contribution < -0.4 is 5.32 Å². The van der Waals surface area contributed by atoms with Crippen LogP contribution in [0.4, 0.5) is 0 Å². The van der Waals surface area contributed by atoms with Gasteiger partial charge in [-0.2, -0.15) is 0 Å². The number of carbonyl (C=O) groups excluding carboxylic acids is 1. The number of hydrogen-bond donors (Lipinski definition) is 2. The highest BCUT2D eigenvalue weighted by Gasteiger charge is 2.26. The number of carbonyl (C=O) groups is 1. The van der Waals surface area contributed by atoms with Crippen LogP contribution in [0.25, 0.3) is 11.0 Å². The van der Waals surface area contributed by atoms with Crippen molar-refractivity contribution < 1.29 is 4.79 Å². The zero-order valence-electron chi connectivity index (χ0n) is 14.9. The van der Waals surface area contributed by atoms with Gasteiger partial charge in [-0.05, 0) is 43.0 Å². The van der Waals surface area contributed by atoms with Crippen LogP contribution in [0.3, 0.4) is 0 Å². The van der Waals surface area contributed by atoms with Gasteiger partial charge >= 0.3 is 0 Å². The van der Waals surface area contributed by atoms with Crippen molar-refractivity contribution in [3.8, 4) is 0 Å². The molecule has 5 heteroatoms. The summed E-state index contributed by atoms with van der Waals surface area (Å²) in [5, 5.41) is 3.71. The van der Waals surface area contributed by atoms with Gasteiger partial charge in [0.05, 0.1) is 11.0 Å². The average Bonchev–Trinajstić information content (AvgIpc) is 3.29. The Labute approximate surface area is 157 Å². The average molecular weight is 366 g/mol. The molecule has 1 aliphatic carbocycles. The standard InChI is InChI=1S/C21H23N3OS/c1-14-11-12-17-18(13-14)24-21(23-17)26-19(15-7-3-2-4-8-15)20(25)22-16-9-5-6-10-16/h2-4,7-8,11-13,16,19H,5-6,9-10H2,1H3,(H,22,25)(H,23,24)/t19-/m1/s1. The number of thioether (sulfide) groups is 1. The molecular formula is C21H23N3OS. The van der Waals surface area contributed by atoms with Crippen molar-refractivity contribution >= 4 is 28.7 Å². The van der Waals surface area contributed by atoms with E-state index in [2.05, 4.69) is 34.3 Å². The fourth-order valence-electron chi connectivity index (χ4n) is 3.52. The molecule has 2 N–H and O–H groups in total. The van der Waals surface area contributed by atoms with Gasteiger partial charge in [-0.1, -0.05) is 61.0 Å². The van der Waals surface area contributed by atoms with Gasteiger partial charge in [0.15, 0.2) is 5.16 Å². The quantitative estimate of drug-likeness (QED) is 0.641. The van der Waals surface area contributed by atoms with Gasteiger partial charge in [0.2, 0.25) is 5.91 Å². The van der Waals surface area contributed by atoms with Crippen LogP contribution in [0.15, 0.2) is 53.7 Å². The first-order valence-corrected chi connectivity index (χ1v) is 10.1. The zero-order valence-corrected chi connectivity index (χ0v) is 15.7. The summed E-state index contributed by atoms with van der Waals surface area (Å²) in [6.45, 7) is 2.06. The molecule has 3 aromatic rings. The minimum absolute atomic E-state index is 0.0738. The predicted molar refractivity (Wildman–Crippen MR) is 106 cm³/mol. The molecule has 0 bridgehead atoms. The van der Waals surface area contributed by atoms with Crippen LogP contribution in [0, 0.1) is 6.92 Å². The molecule has 0 spiro atoms. The minimum atomic E-state index is -0.307. The zero-order chi connectivity index (χ0) is 17.9. The Morgan fingerprint density at radius 2 is 1.96 bits per heavy atom. The third-order valence-corrected chi connectivity index (χ3v) is 6.03. The molecule has 0 saturated heterocycles. The first kappa shape index (κ1) is 17.2. The van der Waals surface area contributed by atoms with E-state index in [1.54, 1.807) is 0 Å². The fourth-order valence-corrected chi connectivity index (χ4v) is 4.53. The number of aromatic nitrogens is 2. The maximum absolute atomic E-state index is 13.0.